The van der Waals surface area contributed by atoms with Gasteiger partial charge in [-0.15, -0.1) is 6.58 Å². The second-order valence-electron chi connectivity index (χ2n) is 15.4. The first-order chi connectivity index (χ1) is 21.3. The van der Waals surface area contributed by atoms with Crippen LogP contribution in [0.2, 0.25) is 0 Å². The third-order valence-corrected chi connectivity index (χ3v) is 8.85. The van der Waals surface area contributed by atoms with E-state index in [9.17, 15) is 29.1 Å². The van der Waals surface area contributed by atoms with Crippen molar-refractivity contribution in [3.8, 4) is 0 Å². The van der Waals surface area contributed by atoms with E-state index in [0.29, 0.717) is 31.9 Å². The van der Waals surface area contributed by atoms with Crippen LogP contribution in [0, 0.1) is 28.6 Å². The molecule has 1 saturated heterocycles. The molecule has 0 aromatic rings. The number of nitrogens with one attached hydrogen (secondary N) is 4. The monoisotopic (exact) mass is 649 g/mol. The predicted molar refractivity (Wildman–Crippen MR) is 176 cm³/mol. The molecule has 1 aliphatic carbocycles. The Balaban J connectivity index is 2.27. The topological polar surface area (TPSA) is 166 Å². The molecule has 46 heavy (non-hydrogen) atoms. The van der Waals surface area contributed by atoms with Crippen LogP contribution in [-0.4, -0.2) is 89.7 Å². The molecule has 0 aromatic carbocycles. The van der Waals surface area contributed by atoms with Crippen LogP contribution in [0.3, 0.4) is 0 Å². The van der Waals surface area contributed by atoms with Gasteiger partial charge in [-0.3, -0.25) is 19.3 Å². The summed E-state index contributed by atoms with van der Waals surface area (Å²) in [6, 6.07) is -4.23. The van der Waals surface area contributed by atoms with Gasteiger partial charge >= 0.3 is 12.0 Å². The van der Waals surface area contributed by atoms with E-state index in [1.807, 2.05) is 62.3 Å². The number of ether oxygens (including phenoxy) is 1. The predicted octanol–water partition coefficient (Wildman–Crippen LogP) is 2.89. The van der Waals surface area contributed by atoms with E-state index in [4.69, 9.17) is 4.74 Å². The van der Waals surface area contributed by atoms with E-state index in [2.05, 4.69) is 27.8 Å². The van der Waals surface area contributed by atoms with Crippen molar-refractivity contribution in [2.75, 3.05) is 19.7 Å². The maximum Gasteiger partial charge on any atom is 0.329 e. The number of ketones is 1. The Labute approximate surface area is 275 Å². The maximum atomic E-state index is 13.8. The molecule has 5 N–H and O–H groups in total. The lowest BCUT2D eigenvalue weighted by Crippen LogP contribution is -2.63. The fourth-order valence-corrected chi connectivity index (χ4v) is 5.60. The molecule has 1 heterocycles. The molecular formula is C34H59N5O7. The van der Waals surface area contributed by atoms with Crippen LogP contribution in [0.1, 0.15) is 94.4 Å². The number of hydrogen-bond donors (Lipinski definition) is 5. The molecule has 12 heteroatoms. The number of urea groups is 1. The number of amides is 4. The number of aliphatic hydroxyl groups is 1. The van der Waals surface area contributed by atoms with Gasteiger partial charge in [-0.25, -0.2) is 9.59 Å². The summed E-state index contributed by atoms with van der Waals surface area (Å²) in [7, 11) is 0. The lowest BCUT2D eigenvalue weighted by atomic mass is 9.84. The van der Waals surface area contributed by atoms with Crippen LogP contribution in [0.5, 0.6) is 0 Å². The second kappa shape index (κ2) is 16.7. The van der Waals surface area contributed by atoms with Crippen molar-refractivity contribution in [3.05, 3.63) is 12.7 Å². The zero-order valence-corrected chi connectivity index (χ0v) is 29.4. The second-order valence-corrected chi connectivity index (χ2v) is 15.4. The quantitative estimate of drug-likeness (QED) is 0.0967. The minimum absolute atomic E-state index is 0.0579. The van der Waals surface area contributed by atoms with Crippen molar-refractivity contribution < 1.29 is 33.8 Å². The molecule has 0 bridgehead atoms. The van der Waals surface area contributed by atoms with E-state index in [1.54, 1.807) is 4.90 Å². The van der Waals surface area contributed by atoms with Crippen molar-refractivity contribution in [1.29, 1.82) is 0 Å². The fourth-order valence-electron chi connectivity index (χ4n) is 5.60. The van der Waals surface area contributed by atoms with Crippen LogP contribution in [0.15, 0.2) is 12.7 Å². The van der Waals surface area contributed by atoms with Crippen LogP contribution in [0.25, 0.3) is 0 Å². The highest BCUT2D eigenvalue weighted by Crippen LogP contribution is 2.34. The zero-order valence-electron chi connectivity index (χ0n) is 29.4. The van der Waals surface area contributed by atoms with Gasteiger partial charge in [0.2, 0.25) is 11.7 Å². The standard InChI is InChI=1S/C34H59N5O7/c1-11-13-23(25(40)29(42)35-16-12-2)36-28(41)24-17-22(20(3)4)18-39(24)30(43)26(33(5,6)7)37-32(45)38-27(34(8,9)10)31(44)46-19-21-14-15-21/h12,20-24,26-27,30,43H,2,11,13-19H2,1,3-10H3,(H,35,42)(H,36,41)(H2,37,38,45)/t22-,23?,24+,26-,27-,30?/m1/s1. The number of aliphatic hydroxyl groups excluding tert-OH is 1. The highest BCUT2D eigenvalue weighted by molar-refractivity contribution is 6.38. The molecule has 4 amide bonds. The molecule has 1 aliphatic heterocycles. The van der Waals surface area contributed by atoms with Crippen molar-refractivity contribution in [1.82, 2.24) is 26.2 Å². The molecule has 2 unspecified atom stereocenters. The number of nitrogens with zero attached hydrogens (tertiary/aromatic N) is 1. The van der Waals surface area contributed by atoms with Gasteiger partial charge in [-0.05, 0) is 54.3 Å². The van der Waals surface area contributed by atoms with E-state index < -0.39 is 70.8 Å². The number of rotatable bonds is 16. The first-order valence-corrected chi connectivity index (χ1v) is 16.7. The summed E-state index contributed by atoms with van der Waals surface area (Å²) >= 11 is 0. The number of likely N-dealkylation sites (tertiary alicyclic amines) is 1. The SMILES string of the molecule is C=CCNC(=O)C(=O)C(CCC)NC(=O)[C@@H]1C[C@@H](C(C)C)CN1C(O)[C@@H](NC(=O)N[C@H](C(=O)OCC1CC1)C(C)(C)C)C(C)(C)C. The smallest absolute Gasteiger partial charge is 0.329 e. The lowest BCUT2D eigenvalue weighted by molar-refractivity contribution is -0.149. The van der Waals surface area contributed by atoms with Crippen molar-refractivity contribution in [2.45, 2.75) is 125 Å². The minimum Gasteiger partial charge on any atom is -0.464 e. The number of carbonyl (C=O) groups is 5. The third kappa shape index (κ3) is 11.4. The average Bonchev–Trinajstić information content (AvgIpc) is 3.68. The molecule has 0 spiro atoms. The minimum atomic E-state index is -1.28. The molecule has 1 saturated carbocycles. The highest BCUT2D eigenvalue weighted by Gasteiger charge is 2.47. The maximum absolute atomic E-state index is 13.8. The number of carbonyl (C=O) groups excluding carboxylic acids is 5. The Hall–Kier alpha value is -2.99. The largest absolute Gasteiger partial charge is 0.464 e. The van der Waals surface area contributed by atoms with Crippen molar-refractivity contribution in [3.63, 3.8) is 0 Å². The summed E-state index contributed by atoms with van der Waals surface area (Å²) in [6.07, 6.45) is 3.51. The first-order valence-electron chi connectivity index (χ1n) is 16.7. The van der Waals surface area contributed by atoms with Gasteiger partial charge < -0.3 is 31.1 Å². The summed E-state index contributed by atoms with van der Waals surface area (Å²) in [6.45, 7) is 21.5. The Morgan fingerprint density at radius 1 is 1.00 bits per heavy atom. The van der Waals surface area contributed by atoms with Crippen LogP contribution in [-0.2, 0) is 23.9 Å². The number of hydrogen-bond acceptors (Lipinski definition) is 8. The summed E-state index contributed by atoms with van der Waals surface area (Å²) in [5.41, 5.74) is -1.30. The van der Waals surface area contributed by atoms with Gasteiger partial charge in [0.1, 0.15) is 12.3 Å². The van der Waals surface area contributed by atoms with Gasteiger partial charge in [0.25, 0.3) is 5.91 Å². The fraction of sp³-hybridized carbons (Fsp3) is 0.794. The summed E-state index contributed by atoms with van der Waals surface area (Å²) in [4.78, 5) is 67.2. The molecule has 0 radical (unpaired) electrons. The van der Waals surface area contributed by atoms with Crippen LogP contribution < -0.4 is 21.3 Å². The molecule has 0 aromatic heterocycles. The van der Waals surface area contributed by atoms with E-state index in [1.165, 1.54) is 6.08 Å². The van der Waals surface area contributed by atoms with Gasteiger partial charge in [-0.2, -0.15) is 0 Å². The van der Waals surface area contributed by atoms with Crippen LogP contribution in [0.4, 0.5) is 4.79 Å². The van der Waals surface area contributed by atoms with Gasteiger partial charge in [0.05, 0.1) is 24.7 Å². The molecule has 262 valence electrons. The zero-order chi connectivity index (χ0) is 35.0. The van der Waals surface area contributed by atoms with Gasteiger partial charge in [0.15, 0.2) is 0 Å². The van der Waals surface area contributed by atoms with Crippen LogP contribution >= 0.6 is 0 Å². The molecule has 2 fully saturated rings. The van der Waals surface area contributed by atoms with E-state index in [0.717, 1.165) is 12.8 Å². The Bertz CT molecular complexity index is 1090. The van der Waals surface area contributed by atoms with Gasteiger partial charge in [-0.1, -0.05) is 74.8 Å². The highest BCUT2D eigenvalue weighted by atomic mass is 16.5. The molecule has 2 rings (SSSR count). The molecule has 6 atom stereocenters. The Morgan fingerprint density at radius 2 is 1.63 bits per heavy atom. The normalized spacial score (nSPS) is 21.5. The molecule has 2 aliphatic rings. The molecule has 12 nitrogen and oxygen atoms in total. The van der Waals surface area contributed by atoms with Crippen molar-refractivity contribution >= 4 is 29.6 Å². The first kappa shape index (κ1) is 39.2. The number of Topliss-reactive ketones (excluding diaryl/α,β-unsaturated/α-hetero) is 1. The van der Waals surface area contributed by atoms with E-state index >= 15 is 0 Å². The lowest BCUT2D eigenvalue weighted by Gasteiger charge is -2.41. The van der Waals surface area contributed by atoms with Crippen molar-refractivity contribution in [2.24, 2.45) is 28.6 Å². The third-order valence-electron chi connectivity index (χ3n) is 8.85. The Kier molecular flexibility index (Phi) is 14.2. The summed E-state index contributed by atoms with van der Waals surface area (Å²) in [5.74, 6) is -1.87. The average molecular weight is 650 g/mol. The summed E-state index contributed by atoms with van der Waals surface area (Å²) < 4.78 is 5.49. The summed E-state index contributed by atoms with van der Waals surface area (Å²) in [5, 5.41) is 22.8. The number of esters is 1. The van der Waals surface area contributed by atoms with E-state index in [-0.39, 0.29) is 24.8 Å². The van der Waals surface area contributed by atoms with Gasteiger partial charge in [0, 0.05) is 13.1 Å². The molecular weight excluding hydrogens is 590 g/mol. The Morgan fingerprint density at radius 3 is 2.13 bits per heavy atom.